The molecule has 0 unspecified atom stereocenters. The lowest BCUT2D eigenvalue weighted by molar-refractivity contribution is -0.137. The number of fused-ring (bicyclic) bond motifs is 1. The van der Waals surface area contributed by atoms with E-state index >= 15 is 0 Å². The molecule has 1 heterocycles. The lowest BCUT2D eigenvalue weighted by Crippen LogP contribution is -2.01. The number of aromatic amines is 1. The normalized spacial score (nSPS) is 10.7. The van der Waals surface area contributed by atoms with E-state index in [1.807, 2.05) is 25.1 Å². The van der Waals surface area contributed by atoms with E-state index in [1.54, 1.807) is 0 Å². The molecule has 1 aromatic heterocycles. The molecule has 2 N–H and O–H groups in total. The molecule has 2 rings (SSSR count). The van der Waals surface area contributed by atoms with Crippen molar-refractivity contribution in [2.45, 2.75) is 26.2 Å². The fourth-order valence-corrected chi connectivity index (χ4v) is 1.71. The number of rotatable bonds is 6. The molecule has 0 radical (unpaired) electrons. The topological polar surface area (TPSA) is 75.2 Å². The van der Waals surface area contributed by atoms with Gasteiger partial charge >= 0.3 is 5.97 Å². The molecule has 0 aliphatic rings. The maximum atomic E-state index is 10.4. The number of ether oxygens (including phenoxy) is 1. The molecule has 0 fully saturated rings. The van der Waals surface area contributed by atoms with Gasteiger partial charge in [-0.25, -0.2) is 4.98 Å². The van der Waals surface area contributed by atoms with Gasteiger partial charge in [0, 0.05) is 18.9 Å². The molecule has 0 aliphatic heterocycles. The van der Waals surface area contributed by atoms with Gasteiger partial charge in [0.1, 0.15) is 11.6 Å². The third-order valence-corrected chi connectivity index (χ3v) is 2.64. The number of H-pyrrole nitrogens is 1. The van der Waals surface area contributed by atoms with Crippen molar-refractivity contribution in [3.63, 3.8) is 0 Å². The number of hydrogen-bond acceptors (Lipinski definition) is 3. The van der Waals surface area contributed by atoms with Crippen molar-refractivity contribution < 1.29 is 14.6 Å². The number of nitrogens with one attached hydrogen (secondary N) is 1. The average Bonchev–Trinajstić information content (AvgIpc) is 2.76. The molecular formula is C13H16N2O3. The van der Waals surface area contributed by atoms with Gasteiger partial charge in [0.05, 0.1) is 17.6 Å². The van der Waals surface area contributed by atoms with Gasteiger partial charge in [0.15, 0.2) is 0 Å². The molecule has 18 heavy (non-hydrogen) atoms. The molecule has 96 valence electrons. The van der Waals surface area contributed by atoms with Gasteiger partial charge in [0.2, 0.25) is 0 Å². The van der Waals surface area contributed by atoms with E-state index in [2.05, 4.69) is 9.97 Å². The van der Waals surface area contributed by atoms with Crippen molar-refractivity contribution in [2.24, 2.45) is 0 Å². The molecule has 0 spiro atoms. The van der Waals surface area contributed by atoms with Crippen LogP contribution in [0.5, 0.6) is 5.75 Å². The first kappa shape index (κ1) is 12.4. The molecule has 0 saturated carbocycles. The quantitative estimate of drug-likeness (QED) is 0.769. The van der Waals surface area contributed by atoms with E-state index in [4.69, 9.17) is 9.84 Å². The molecule has 2 aromatic rings. The van der Waals surface area contributed by atoms with E-state index in [9.17, 15) is 4.79 Å². The van der Waals surface area contributed by atoms with Crippen LogP contribution in [0.25, 0.3) is 11.0 Å². The van der Waals surface area contributed by atoms with Crippen molar-refractivity contribution in [2.75, 3.05) is 6.61 Å². The first-order valence-electron chi connectivity index (χ1n) is 6.02. The Balaban J connectivity index is 1.98. The molecule has 0 saturated heterocycles. The molecule has 0 atom stereocenters. The van der Waals surface area contributed by atoms with E-state index in [0.717, 1.165) is 29.0 Å². The van der Waals surface area contributed by atoms with Gasteiger partial charge < -0.3 is 14.8 Å². The monoisotopic (exact) mass is 248 g/mol. The summed E-state index contributed by atoms with van der Waals surface area (Å²) in [5.74, 6) is 0.891. The molecule has 5 heteroatoms. The third kappa shape index (κ3) is 3.00. The molecule has 0 bridgehead atoms. The Bertz CT molecular complexity index is 548. The molecule has 1 aromatic carbocycles. The average molecular weight is 248 g/mol. The number of imidazole rings is 1. The van der Waals surface area contributed by atoms with Gasteiger partial charge in [-0.2, -0.15) is 0 Å². The number of aromatic nitrogens is 2. The second kappa shape index (κ2) is 5.53. The highest BCUT2D eigenvalue weighted by Crippen LogP contribution is 2.19. The predicted molar refractivity (Wildman–Crippen MR) is 67.8 cm³/mol. The van der Waals surface area contributed by atoms with E-state index in [-0.39, 0.29) is 6.42 Å². The molecule has 0 aliphatic carbocycles. The smallest absolute Gasteiger partial charge is 0.303 e. The molecule has 5 nitrogen and oxygen atoms in total. The third-order valence-electron chi connectivity index (χ3n) is 2.64. The van der Waals surface area contributed by atoms with Crippen LogP contribution in [0.1, 0.15) is 25.6 Å². The summed E-state index contributed by atoms with van der Waals surface area (Å²) in [7, 11) is 0. The first-order chi connectivity index (χ1) is 8.69. The highest BCUT2D eigenvalue weighted by molar-refractivity contribution is 5.76. The summed E-state index contributed by atoms with van der Waals surface area (Å²) in [5.41, 5.74) is 1.87. The maximum absolute atomic E-state index is 10.4. The fourth-order valence-electron chi connectivity index (χ4n) is 1.71. The second-order valence-corrected chi connectivity index (χ2v) is 4.06. The fraction of sp³-hybridized carbons (Fsp3) is 0.385. The number of carbonyl (C=O) groups is 1. The van der Waals surface area contributed by atoms with Gasteiger partial charge in [-0.05, 0) is 18.6 Å². The number of aryl methyl sites for hydroxylation is 1. The van der Waals surface area contributed by atoms with Crippen LogP contribution in [-0.4, -0.2) is 27.7 Å². The molecule has 0 amide bonds. The number of carboxylic acid groups (broad SMARTS) is 1. The predicted octanol–water partition coefficient (Wildman–Crippen LogP) is 2.37. The number of carboxylic acids is 1. The van der Waals surface area contributed by atoms with Crippen LogP contribution >= 0.6 is 0 Å². The Morgan fingerprint density at radius 1 is 1.50 bits per heavy atom. The Kier molecular flexibility index (Phi) is 3.82. The summed E-state index contributed by atoms with van der Waals surface area (Å²) >= 11 is 0. The van der Waals surface area contributed by atoms with Crippen LogP contribution in [0.4, 0.5) is 0 Å². The Hall–Kier alpha value is -2.04. The van der Waals surface area contributed by atoms with Crippen LogP contribution in [0.3, 0.4) is 0 Å². The van der Waals surface area contributed by atoms with Crippen molar-refractivity contribution in [1.29, 1.82) is 0 Å². The highest BCUT2D eigenvalue weighted by atomic mass is 16.5. The Labute approximate surface area is 105 Å². The number of benzene rings is 1. The van der Waals surface area contributed by atoms with Crippen LogP contribution in [0, 0.1) is 0 Å². The van der Waals surface area contributed by atoms with Crippen LogP contribution in [0.2, 0.25) is 0 Å². The van der Waals surface area contributed by atoms with Crippen molar-refractivity contribution in [1.82, 2.24) is 9.97 Å². The summed E-state index contributed by atoms with van der Waals surface area (Å²) < 4.78 is 5.50. The zero-order valence-electron chi connectivity index (χ0n) is 10.3. The standard InChI is InChI=1S/C13H16N2O3/c1-2-12-14-10-6-5-9(8-11(10)15-12)18-7-3-4-13(16)17/h5-6,8H,2-4,7H2,1H3,(H,14,15)(H,16,17). The van der Waals surface area contributed by atoms with Gasteiger partial charge in [-0.3, -0.25) is 4.79 Å². The van der Waals surface area contributed by atoms with E-state index in [1.165, 1.54) is 0 Å². The summed E-state index contributed by atoms with van der Waals surface area (Å²) in [4.78, 5) is 18.0. The number of aliphatic carboxylic acids is 1. The summed E-state index contributed by atoms with van der Waals surface area (Å²) in [6.07, 6.45) is 1.51. The van der Waals surface area contributed by atoms with Crippen molar-refractivity contribution >= 4 is 17.0 Å². The van der Waals surface area contributed by atoms with Gasteiger partial charge in [0.25, 0.3) is 0 Å². The highest BCUT2D eigenvalue weighted by Gasteiger charge is 2.03. The van der Waals surface area contributed by atoms with Crippen molar-refractivity contribution in [3.05, 3.63) is 24.0 Å². The van der Waals surface area contributed by atoms with Crippen molar-refractivity contribution in [3.8, 4) is 5.75 Å². The van der Waals surface area contributed by atoms with Crippen LogP contribution in [-0.2, 0) is 11.2 Å². The number of hydrogen-bond donors (Lipinski definition) is 2. The lowest BCUT2D eigenvalue weighted by Gasteiger charge is -2.04. The minimum Gasteiger partial charge on any atom is -0.494 e. The van der Waals surface area contributed by atoms with E-state index < -0.39 is 5.97 Å². The summed E-state index contributed by atoms with van der Waals surface area (Å²) in [6, 6.07) is 5.64. The summed E-state index contributed by atoms with van der Waals surface area (Å²) in [6.45, 7) is 2.45. The molecular weight excluding hydrogens is 232 g/mol. The van der Waals surface area contributed by atoms with Gasteiger partial charge in [-0.1, -0.05) is 6.92 Å². The first-order valence-corrected chi connectivity index (χ1v) is 6.02. The zero-order chi connectivity index (χ0) is 13.0. The Morgan fingerprint density at radius 3 is 3.06 bits per heavy atom. The minimum atomic E-state index is -0.796. The Morgan fingerprint density at radius 2 is 2.33 bits per heavy atom. The largest absolute Gasteiger partial charge is 0.494 e. The second-order valence-electron chi connectivity index (χ2n) is 4.06. The summed E-state index contributed by atoms with van der Waals surface area (Å²) in [5, 5.41) is 8.51. The SMILES string of the molecule is CCc1nc2ccc(OCCCC(=O)O)cc2[nH]1. The maximum Gasteiger partial charge on any atom is 0.303 e. The zero-order valence-corrected chi connectivity index (χ0v) is 10.3. The van der Waals surface area contributed by atoms with Crippen LogP contribution in [0.15, 0.2) is 18.2 Å². The number of nitrogens with zero attached hydrogens (tertiary/aromatic N) is 1. The van der Waals surface area contributed by atoms with Gasteiger partial charge in [-0.15, -0.1) is 0 Å². The van der Waals surface area contributed by atoms with Crippen LogP contribution < -0.4 is 4.74 Å². The minimum absolute atomic E-state index is 0.131. The van der Waals surface area contributed by atoms with E-state index in [0.29, 0.717) is 13.0 Å². The lowest BCUT2D eigenvalue weighted by atomic mass is 10.3.